The van der Waals surface area contributed by atoms with E-state index in [1.165, 1.54) is 17.0 Å². The third-order valence-electron chi connectivity index (χ3n) is 5.67. The predicted octanol–water partition coefficient (Wildman–Crippen LogP) is 2.95. The van der Waals surface area contributed by atoms with Gasteiger partial charge < -0.3 is 19.0 Å². The van der Waals surface area contributed by atoms with Gasteiger partial charge in [-0.1, -0.05) is 12.1 Å². The summed E-state index contributed by atoms with van der Waals surface area (Å²) < 4.78 is 49.1. The summed E-state index contributed by atoms with van der Waals surface area (Å²) in [7, 11) is 0. The van der Waals surface area contributed by atoms with Gasteiger partial charge >= 0.3 is 11.9 Å². The van der Waals surface area contributed by atoms with Crippen LogP contribution in [0.5, 0.6) is 5.75 Å². The monoisotopic (exact) mass is 478 g/mol. The third kappa shape index (κ3) is 5.71. The number of aromatic amines is 1. The summed E-state index contributed by atoms with van der Waals surface area (Å²) in [5.74, 6) is 0.605. The van der Waals surface area contributed by atoms with E-state index in [-0.39, 0.29) is 12.3 Å². The summed E-state index contributed by atoms with van der Waals surface area (Å²) in [6.07, 6.45) is -0.983. The van der Waals surface area contributed by atoms with Gasteiger partial charge in [0.15, 0.2) is 6.61 Å². The highest BCUT2D eigenvalue weighted by Gasteiger charge is 2.29. The first-order chi connectivity index (χ1) is 16.3. The Labute approximate surface area is 193 Å². The van der Waals surface area contributed by atoms with Crippen LogP contribution in [0.25, 0.3) is 11.3 Å². The fraction of sp³-hybridized carbons (Fsp3) is 0.391. The lowest BCUT2D eigenvalue weighted by Crippen LogP contribution is -2.47. The number of hydrogen-bond acceptors (Lipinski definition) is 6. The first kappa shape index (κ1) is 23.7. The molecule has 0 unspecified atom stereocenters. The zero-order chi connectivity index (χ0) is 24.1. The highest BCUT2D eigenvalue weighted by Crippen LogP contribution is 2.30. The molecule has 0 aliphatic carbocycles. The molecule has 0 saturated carbocycles. The van der Waals surface area contributed by atoms with E-state index >= 15 is 0 Å². The second kappa shape index (κ2) is 10.2. The van der Waals surface area contributed by atoms with Crippen molar-refractivity contribution in [3.05, 3.63) is 69.7 Å². The Kier molecular flexibility index (Phi) is 7.11. The molecular weight excluding hydrogens is 453 g/mol. The lowest BCUT2D eigenvalue weighted by atomic mass is 10.2. The van der Waals surface area contributed by atoms with Crippen LogP contribution in [0, 0.1) is 0 Å². The maximum absolute atomic E-state index is 12.7. The SMILES string of the molecule is O=c1[nH]cc(-c2ccco2)c(=O)n1CCCN1CCN(c2ccccc2OCC(F)(F)F)CC1. The van der Waals surface area contributed by atoms with Gasteiger partial charge in [0.2, 0.25) is 0 Å². The number of para-hydroxylation sites is 2. The molecule has 0 bridgehead atoms. The van der Waals surface area contributed by atoms with E-state index in [0.717, 1.165) is 0 Å². The molecule has 1 aliphatic rings. The molecule has 1 N–H and O–H groups in total. The number of H-pyrrole nitrogens is 1. The van der Waals surface area contributed by atoms with Gasteiger partial charge in [0.25, 0.3) is 5.56 Å². The summed E-state index contributed by atoms with van der Waals surface area (Å²) in [6.45, 7) is 2.26. The molecule has 8 nitrogen and oxygen atoms in total. The van der Waals surface area contributed by atoms with Crippen molar-refractivity contribution in [2.45, 2.75) is 19.1 Å². The first-order valence-corrected chi connectivity index (χ1v) is 10.9. The average molecular weight is 478 g/mol. The minimum Gasteiger partial charge on any atom is -0.482 e. The Balaban J connectivity index is 1.31. The Morgan fingerprint density at radius 1 is 1.00 bits per heavy atom. The van der Waals surface area contributed by atoms with Crippen molar-refractivity contribution in [1.82, 2.24) is 14.5 Å². The number of benzene rings is 1. The van der Waals surface area contributed by atoms with E-state index in [2.05, 4.69) is 9.88 Å². The minimum atomic E-state index is -4.40. The van der Waals surface area contributed by atoms with Gasteiger partial charge in [-0.05, 0) is 37.2 Å². The number of piperazine rings is 1. The van der Waals surface area contributed by atoms with E-state index in [9.17, 15) is 22.8 Å². The largest absolute Gasteiger partial charge is 0.482 e. The van der Waals surface area contributed by atoms with Gasteiger partial charge in [-0.25, -0.2) is 4.79 Å². The zero-order valence-electron chi connectivity index (χ0n) is 18.4. The van der Waals surface area contributed by atoms with Crippen molar-refractivity contribution in [1.29, 1.82) is 0 Å². The van der Waals surface area contributed by atoms with Crippen LogP contribution in [-0.4, -0.2) is 60.0 Å². The number of hydrogen-bond donors (Lipinski definition) is 1. The minimum absolute atomic E-state index is 0.211. The number of furan rings is 1. The topological polar surface area (TPSA) is 83.7 Å². The normalized spacial score (nSPS) is 15.0. The number of ether oxygens (including phenoxy) is 1. The fourth-order valence-corrected chi connectivity index (χ4v) is 3.99. The Bertz CT molecular complexity index is 1200. The van der Waals surface area contributed by atoms with E-state index in [1.807, 2.05) is 4.90 Å². The van der Waals surface area contributed by atoms with E-state index in [1.54, 1.807) is 36.4 Å². The van der Waals surface area contributed by atoms with Crippen LogP contribution < -0.4 is 20.9 Å². The summed E-state index contributed by atoms with van der Waals surface area (Å²) in [4.78, 5) is 31.6. The van der Waals surface area contributed by atoms with Crippen molar-refractivity contribution in [2.75, 3.05) is 44.2 Å². The van der Waals surface area contributed by atoms with Crippen molar-refractivity contribution in [3.8, 4) is 17.1 Å². The molecule has 2 aromatic heterocycles. The number of aromatic nitrogens is 2. The number of rotatable bonds is 8. The van der Waals surface area contributed by atoms with Gasteiger partial charge in [0, 0.05) is 38.9 Å². The molecule has 1 fully saturated rings. The number of halogens is 3. The molecule has 182 valence electrons. The Morgan fingerprint density at radius 2 is 1.76 bits per heavy atom. The van der Waals surface area contributed by atoms with Crippen LogP contribution in [0.1, 0.15) is 6.42 Å². The van der Waals surface area contributed by atoms with Crippen molar-refractivity contribution >= 4 is 5.69 Å². The van der Waals surface area contributed by atoms with Crippen LogP contribution in [0.4, 0.5) is 18.9 Å². The molecule has 4 rings (SSSR count). The van der Waals surface area contributed by atoms with Gasteiger partial charge in [-0.15, -0.1) is 0 Å². The fourth-order valence-electron chi connectivity index (χ4n) is 3.99. The van der Waals surface area contributed by atoms with Crippen molar-refractivity contribution in [2.24, 2.45) is 0 Å². The van der Waals surface area contributed by atoms with Crippen LogP contribution in [0.2, 0.25) is 0 Å². The quantitative estimate of drug-likeness (QED) is 0.536. The van der Waals surface area contributed by atoms with Gasteiger partial charge in [0.05, 0.1) is 17.5 Å². The second-order valence-corrected chi connectivity index (χ2v) is 8.00. The first-order valence-electron chi connectivity index (χ1n) is 10.9. The van der Waals surface area contributed by atoms with Crippen molar-refractivity contribution in [3.63, 3.8) is 0 Å². The molecule has 3 aromatic rings. The molecule has 0 amide bonds. The van der Waals surface area contributed by atoms with Crippen LogP contribution >= 0.6 is 0 Å². The highest BCUT2D eigenvalue weighted by atomic mass is 19.4. The lowest BCUT2D eigenvalue weighted by Gasteiger charge is -2.36. The molecule has 1 aliphatic heterocycles. The standard InChI is InChI=1S/C23H25F3N4O4/c24-23(25,26)16-34-20-6-2-1-5-18(20)29-12-10-28(11-13-29)8-4-9-30-21(31)17(15-27-22(30)32)19-7-3-14-33-19/h1-3,5-7,14-15H,4,8-13,16H2,(H,27,32). The van der Waals surface area contributed by atoms with Gasteiger partial charge in [-0.2, -0.15) is 13.2 Å². The average Bonchev–Trinajstić information content (AvgIpc) is 3.35. The van der Waals surface area contributed by atoms with E-state index < -0.39 is 24.0 Å². The van der Waals surface area contributed by atoms with Gasteiger partial charge in [0.1, 0.15) is 11.5 Å². The number of anilines is 1. The summed E-state index contributed by atoms with van der Waals surface area (Å²) >= 11 is 0. The molecule has 34 heavy (non-hydrogen) atoms. The third-order valence-corrected chi connectivity index (χ3v) is 5.67. The van der Waals surface area contributed by atoms with Crippen LogP contribution in [0.15, 0.2) is 62.9 Å². The van der Waals surface area contributed by atoms with Crippen LogP contribution in [0.3, 0.4) is 0 Å². The summed E-state index contributed by atoms with van der Waals surface area (Å²) in [6, 6.07) is 10.0. The Morgan fingerprint density at radius 3 is 2.47 bits per heavy atom. The molecule has 0 spiro atoms. The molecule has 11 heteroatoms. The smallest absolute Gasteiger partial charge is 0.422 e. The summed E-state index contributed by atoms with van der Waals surface area (Å²) in [5, 5.41) is 0. The van der Waals surface area contributed by atoms with E-state index in [0.29, 0.717) is 56.2 Å². The molecule has 1 saturated heterocycles. The van der Waals surface area contributed by atoms with Gasteiger partial charge in [-0.3, -0.25) is 14.3 Å². The molecule has 3 heterocycles. The maximum Gasteiger partial charge on any atom is 0.422 e. The second-order valence-electron chi connectivity index (χ2n) is 8.00. The Hall–Kier alpha value is -3.47. The van der Waals surface area contributed by atoms with Crippen molar-refractivity contribution < 1.29 is 22.3 Å². The van der Waals surface area contributed by atoms with E-state index in [4.69, 9.17) is 9.15 Å². The lowest BCUT2D eigenvalue weighted by molar-refractivity contribution is -0.153. The molecular formula is C23H25F3N4O4. The molecule has 0 atom stereocenters. The number of nitrogens with zero attached hydrogens (tertiary/aromatic N) is 3. The zero-order valence-corrected chi connectivity index (χ0v) is 18.4. The van der Waals surface area contributed by atoms with Crippen LogP contribution in [-0.2, 0) is 6.54 Å². The summed E-state index contributed by atoms with van der Waals surface area (Å²) in [5.41, 5.74) is 0.0587. The predicted molar refractivity (Wildman–Crippen MR) is 120 cm³/mol. The number of alkyl halides is 3. The maximum atomic E-state index is 12.7. The number of nitrogens with one attached hydrogen (secondary N) is 1. The highest BCUT2D eigenvalue weighted by molar-refractivity contribution is 5.58. The molecule has 0 radical (unpaired) electrons. The molecule has 1 aromatic carbocycles.